The first-order valence-electron chi connectivity index (χ1n) is 13.0. The van der Waals surface area contributed by atoms with Gasteiger partial charge in [-0.2, -0.15) is 4.31 Å². The zero-order chi connectivity index (χ0) is 27.4. The van der Waals surface area contributed by atoms with Crippen LogP contribution in [0.4, 0.5) is 4.79 Å². The number of benzene rings is 2. The van der Waals surface area contributed by atoms with E-state index < -0.39 is 22.0 Å². The predicted molar refractivity (Wildman–Crippen MR) is 145 cm³/mol. The van der Waals surface area contributed by atoms with E-state index in [1.165, 1.54) is 4.31 Å². The van der Waals surface area contributed by atoms with E-state index in [0.717, 1.165) is 11.1 Å². The van der Waals surface area contributed by atoms with Gasteiger partial charge in [-0.1, -0.05) is 48.0 Å². The number of amides is 2. The van der Waals surface area contributed by atoms with Crippen LogP contribution in [-0.4, -0.2) is 79.9 Å². The molecular formula is C28H36N4O5S. The first-order valence-corrected chi connectivity index (χ1v) is 14.4. The van der Waals surface area contributed by atoms with Crippen LogP contribution in [0.1, 0.15) is 37.9 Å². The lowest BCUT2D eigenvalue weighted by Gasteiger charge is -2.42. The summed E-state index contributed by atoms with van der Waals surface area (Å²) in [4.78, 5) is 30.5. The van der Waals surface area contributed by atoms with Crippen LogP contribution in [0, 0.1) is 6.92 Å². The molecule has 0 aliphatic carbocycles. The van der Waals surface area contributed by atoms with Gasteiger partial charge in [0.15, 0.2) is 0 Å². The monoisotopic (exact) mass is 540 g/mol. The Hall–Kier alpha value is -3.21. The summed E-state index contributed by atoms with van der Waals surface area (Å²) in [5.41, 5.74) is 2.82. The van der Waals surface area contributed by atoms with Gasteiger partial charge in [0, 0.05) is 44.5 Å². The highest BCUT2D eigenvalue weighted by atomic mass is 32.2. The summed E-state index contributed by atoms with van der Waals surface area (Å²) in [5.74, 6) is -0.467. The third-order valence-electron chi connectivity index (χ3n) is 7.00. The van der Waals surface area contributed by atoms with Crippen molar-refractivity contribution in [2.75, 3.05) is 39.3 Å². The van der Waals surface area contributed by atoms with Crippen LogP contribution in [0.5, 0.6) is 0 Å². The average Bonchev–Trinajstić information content (AvgIpc) is 2.89. The molecule has 9 nitrogen and oxygen atoms in total. The second-order valence-electron chi connectivity index (χ2n) is 9.63. The molecule has 4 rings (SSSR count). The van der Waals surface area contributed by atoms with E-state index in [9.17, 15) is 18.0 Å². The fourth-order valence-electron chi connectivity index (χ4n) is 5.21. The molecule has 2 heterocycles. The van der Waals surface area contributed by atoms with E-state index in [1.54, 1.807) is 42.2 Å². The van der Waals surface area contributed by atoms with Crippen molar-refractivity contribution in [1.29, 1.82) is 0 Å². The third kappa shape index (κ3) is 5.62. The quantitative estimate of drug-likeness (QED) is 0.516. The smallest absolute Gasteiger partial charge is 0.338 e. The van der Waals surface area contributed by atoms with Crippen LogP contribution in [-0.2, 0) is 19.6 Å². The number of piperazine rings is 1. The molecule has 2 atom stereocenters. The van der Waals surface area contributed by atoms with E-state index in [2.05, 4.69) is 10.2 Å². The Kier molecular flexibility index (Phi) is 8.54. The van der Waals surface area contributed by atoms with E-state index in [-0.39, 0.29) is 23.6 Å². The van der Waals surface area contributed by atoms with Gasteiger partial charge in [-0.15, -0.1) is 0 Å². The molecule has 2 aliphatic rings. The number of urea groups is 1. The number of carbonyl (C=O) groups is 2. The molecule has 2 aliphatic heterocycles. The number of rotatable bonds is 8. The highest BCUT2D eigenvalue weighted by molar-refractivity contribution is 7.89. The number of nitrogens with one attached hydrogen (secondary N) is 1. The maximum absolute atomic E-state index is 13.3. The first-order chi connectivity index (χ1) is 18.2. The summed E-state index contributed by atoms with van der Waals surface area (Å²) in [6.45, 7) is 9.60. The summed E-state index contributed by atoms with van der Waals surface area (Å²) < 4.78 is 33.5. The molecule has 0 spiro atoms. The number of carbonyl (C=O) groups excluding carboxylic acids is 2. The van der Waals surface area contributed by atoms with Gasteiger partial charge < -0.3 is 10.1 Å². The van der Waals surface area contributed by atoms with Gasteiger partial charge >= 0.3 is 12.0 Å². The lowest BCUT2D eigenvalue weighted by Crippen LogP contribution is -2.56. The number of aryl methyl sites for hydroxylation is 1. The maximum Gasteiger partial charge on any atom is 0.338 e. The van der Waals surface area contributed by atoms with Crippen molar-refractivity contribution >= 4 is 22.0 Å². The predicted octanol–water partition coefficient (Wildman–Crippen LogP) is 3.29. The number of nitrogens with zero attached hydrogens (tertiary/aromatic N) is 3. The molecule has 38 heavy (non-hydrogen) atoms. The van der Waals surface area contributed by atoms with E-state index in [1.807, 2.05) is 45.0 Å². The first kappa shape index (κ1) is 27.8. The summed E-state index contributed by atoms with van der Waals surface area (Å²) in [6.07, 6.45) is 0. The maximum atomic E-state index is 13.3. The average molecular weight is 541 g/mol. The standard InChI is InChI=1S/C28H36N4O5S/c1-5-31-24(19-30-15-16-32(21(4)18-30)38(35,36)23-13-8-7-9-14-23)25(27(33)37-6-2)26(29-28(31)34)22-12-10-11-20(3)17-22/h7-14,17,21,26H,5-6,15-16,18-19H2,1-4H3,(H,29,34)/t21-,26+/m0/s1. The van der Waals surface area contributed by atoms with Crippen LogP contribution in [0.15, 0.2) is 70.8 Å². The third-order valence-corrected chi connectivity index (χ3v) is 9.03. The molecular weight excluding hydrogens is 504 g/mol. The van der Waals surface area contributed by atoms with Gasteiger partial charge in [-0.3, -0.25) is 9.80 Å². The number of sulfonamides is 1. The number of likely N-dealkylation sites (N-methyl/N-ethyl adjacent to an activating group) is 1. The molecule has 2 amide bonds. The van der Waals surface area contributed by atoms with Gasteiger partial charge in [-0.05, 0) is 45.4 Å². The SMILES string of the molecule is CCOC(=O)C1=C(CN2CCN(S(=O)(=O)c3ccccc3)[C@@H](C)C2)N(CC)C(=O)N[C@@H]1c1cccc(C)c1. The highest BCUT2D eigenvalue weighted by Crippen LogP contribution is 2.33. The Labute approximate surface area is 225 Å². The molecule has 0 radical (unpaired) electrons. The van der Waals surface area contributed by atoms with Crippen LogP contribution in [0.3, 0.4) is 0 Å². The minimum atomic E-state index is -3.63. The Morgan fingerprint density at radius 1 is 1.08 bits per heavy atom. The molecule has 2 aromatic carbocycles. The van der Waals surface area contributed by atoms with Crippen molar-refractivity contribution in [2.24, 2.45) is 0 Å². The summed E-state index contributed by atoms with van der Waals surface area (Å²) in [6, 6.07) is 14.9. The van der Waals surface area contributed by atoms with Crippen molar-refractivity contribution in [2.45, 2.75) is 44.7 Å². The number of ether oxygens (including phenoxy) is 1. The number of esters is 1. The number of hydrogen-bond donors (Lipinski definition) is 1. The van der Waals surface area contributed by atoms with Crippen molar-refractivity contribution < 1.29 is 22.7 Å². The van der Waals surface area contributed by atoms with E-state index >= 15 is 0 Å². The topological polar surface area (TPSA) is 99.3 Å². The zero-order valence-electron chi connectivity index (χ0n) is 22.4. The molecule has 10 heteroatoms. The van der Waals surface area contributed by atoms with Gasteiger partial charge in [0.25, 0.3) is 0 Å². The molecule has 1 N–H and O–H groups in total. The summed E-state index contributed by atoms with van der Waals surface area (Å²) in [5, 5.41) is 2.99. The fraction of sp³-hybridized carbons (Fsp3) is 0.429. The molecule has 0 saturated carbocycles. The Morgan fingerprint density at radius 3 is 2.45 bits per heavy atom. The van der Waals surface area contributed by atoms with Crippen LogP contribution in [0.25, 0.3) is 0 Å². The summed E-state index contributed by atoms with van der Waals surface area (Å²) in [7, 11) is -3.63. The van der Waals surface area contributed by atoms with Crippen LogP contribution < -0.4 is 5.32 Å². The van der Waals surface area contributed by atoms with Crippen molar-refractivity contribution in [3.8, 4) is 0 Å². The molecule has 0 aromatic heterocycles. The van der Waals surface area contributed by atoms with Crippen molar-refractivity contribution in [3.63, 3.8) is 0 Å². The van der Waals surface area contributed by atoms with E-state index in [0.29, 0.717) is 44.0 Å². The fourth-order valence-corrected chi connectivity index (χ4v) is 6.85. The Balaban J connectivity index is 1.66. The Morgan fingerprint density at radius 2 is 1.82 bits per heavy atom. The lowest BCUT2D eigenvalue weighted by molar-refractivity contribution is -0.139. The molecule has 1 fully saturated rings. The van der Waals surface area contributed by atoms with Gasteiger partial charge in [-0.25, -0.2) is 18.0 Å². The van der Waals surface area contributed by atoms with Crippen molar-refractivity contribution in [3.05, 3.63) is 77.0 Å². The minimum absolute atomic E-state index is 0.212. The Bertz CT molecular complexity index is 1310. The van der Waals surface area contributed by atoms with Gasteiger partial charge in [0.05, 0.1) is 23.1 Å². The minimum Gasteiger partial charge on any atom is -0.463 e. The number of hydrogen-bond acceptors (Lipinski definition) is 6. The second-order valence-corrected chi connectivity index (χ2v) is 11.5. The summed E-state index contributed by atoms with van der Waals surface area (Å²) >= 11 is 0. The van der Waals surface area contributed by atoms with E-state index in [4.69, 9.17) is 4.74 Å². The molecule has 1 saturated heterocycles. The van der Waals surface area contributed by atoms with Crippen LogP contribution in [0.2, 0.25) is 0 Å². The normalized spacial score (nSPS) is 21.4. The lowest BCUT2D eigenvalue weighted by atomic mass is 9.93. The molecule has 0 bridgehead atoms. The largest absolute Gasteiger partial charge is 0.463 e. The van der Waals surface area contributed by atoms with Crippen LogP contribution >= 0.6 is 0 Å². The molecule has 0 unspecified atom stereocenters. The van der Waals surface area contributed by atoms with Crippen molar-refractivity contribution in [1.82, 2.24) is 19.4 Å². The molecule has 204 valence electrons. The molecule has 2 aromatic rings. The highest BCUT2D eigenvalue weighted by Gasteiger charge is 2.40. The zero-order valence-corrected chi connectivity index (χ0v) is 23.2. The second kappa shape index (κ2) is 11.7. The van der Waals surface area contributed by atoms with Gasteiger partial charge in [0.1, 0.15) is 0 Å². The van der Waals surface area contributed by atoms with Gasteiger partial charge in [0.2, 0.25) is 10.0 Å².